The maximum atomic E-state index is 13.4. The number of nitrogens with one attached hydrogen (secondary N) is 1. The van der Waals surface area contributed by atoms with E-state index >= 15 is 0 Å². The Morgan fingerprint density at radius 2 is 1.84 bits per heavy atom. The van der Waals surface area contributed by atoms with Crippen LogP contribution in [0.5, 0.6) is 0 Å². The molecule has 1 atom stereocenters. The zero-order valence-corrected chi connectivity index (χ0v) is 17.9. The highest BCUT2D eigenvalue weighted by Gasteiger charge is 2.42. The zero-order valence-electron chi connectivity index (χ0n) is 17.1. The fraction of sp³-hybridized carbons (Fsp3) is 0.182. The van der Waals surface area contributed by atoms with Gasteiger partial charge < -0.3 is 5.32 Å². The average Bonchev–Trinajstić information content (AvgIpc) is 3.34. The molecule has 0 saturated carbocycles. The quantitative estimate of drug-likeness (QED) is 0.554. The molecular weight excluding hydrogens is 428 g/mol. The number of nitrogens with zero attached hydrogens (tertiary/aromatic N) is 5. The molecule has 4 rings (SSSR count). The van der Waals surface area contributed by atoms with Crippen molar-refractivity contribution in [1.82, 2.24) is 19.7 Å². The molecule has 1 unspecified atom stereocenters. The lowest BCUT2D eigenvalue weighted by Gasteiger charge is -2.25. The number of hydrogen-bond acceptors (Lipinski definition) is 7. The van der Waals surface area contributed by atoms with E-state index in [1.54, 1.807) is 48.7 Å². The number of carbonyl (C=O) groups is 3. The number of nitriles is 1. The number of rotatable bonds is 7. The molecule has 2 aromatic heterocycles. The SMILES string of the molecule is CSCCC(C(=O)Nc1c(C#N)cnn1-c1ccccn1)N1C(=O)c2ccccc2C1=O. The Kier molecular flexibility index (Phi) is 6.00. The summed E-state index contributed by atoms with van der Waals surface area (Å²) in [5.74, 6) is -0.512. The van der Waals surface area contributed by atoms with Crippen LogP contribution in [-0.2, 0) is 4.79 Å². The van der Waals surface area contributed by atoms with Crippen molar-refractivity contribution in [3.63, 3.8) is 0 Å². The second-order valence-electron chi connectivity index (χ2n) is 6.93. The molecule has 0 radical (unpaired) electrons. The van der Waals surface area contributed by atoms with E-state index in [0.29, 0.717) is 11.6 Å². The highest BCUT2D eigenvalue weighted by molar-refractivity contribution is 7.98. The first kappa shape index (κ1) is 21.3. The van der Waals surface area contributed by atoms with E-state index in [1.165, 1.54) is 22.6 Å². The summed E-state index contributed by atoms with van der Waals surface area (Å²) in [4.78, 5) is 44.5. The fourth-order valence-electron chi connectivity index (χ4n) is 3.50. The van der Waals surface area contributed by atoms with Gasteiger partial charge in [-0.15, -0.1) is 0 Å². The van der Waals surface area contributed by atoms with Gasteiger partial charge in [0.05, 0.1) is 17.3 Å². The van der Waals surface area contributed by atoms with Gasteiger partial charge in [-0.25, -0.2) is 4.98 Å². The minimum absolute atomic E-state index is 0.127. The predicted molar refractivity (Wildman–Crippen MR) is 118 cm³/mol. The molecule has 0 bridgehead atoms. The van der Waals surface area contributed by atoms with Crippen LogP contribution >= 0.6 is 11.8 Å². The maximum absolute atomic E-state index is 13.4. The van der Waals surface area contributed by atoms with Crippen LogP contribution in [0.25, 0.3) is 5.82 Å². The molecule has 1 N–H and O–H groups in total. The summed E-state index contributed by atoms with van der Waals surface area (Å²) in [5, 5.41) is 16.4. The second kappa shape index (κ2) is 9.03. The smallest absolute Gasteiger partial charge is 0.262 e. The van der Waals surface area contributed by atoms with Crippen LogP contribution in [0.2, 0.25) is 0 Å². The minimum Gasteiger partial charge on any atom is -0.308 e. The van der Waals surface area contributed by atoms with E-state index in [-0.39, 0.29) is 28.9 Å². The van der Waals surface area contributed by atoms with E-state index in [9.17, 15) is 19.6 Å². The Labute approximate surface area is 188 Å². The first-order chi connectivity index (χ1) is 15.6. The molecule has 1 aromatic carbocycles. The van der Waals surface area contributed by atoms with Crippen molar-refractivity contribution in [3.8, 4) is 11.9 Å². The van der Waals surface area contributed by atoms with Gasteiger partial charge in [0.25, 0.3) is 11.8 Å². The lowest BCUT2D eigenvalue weighted by molar-refractivity contribution is -0.120. The van der Waals surface area contributed by atoms with E-state index < -0.39 is 23.8 Å². The average molecular weight is 446 g/mol. The van der Waals surface area contributed by atoms with Gasteiger partial charge in [-0.05, 0) is 42.7 Å². The number of imide groups is 1. The van der Waals surface area contributed by atoms with E-state index in [0.717, 1.165) is 4.90 Å². The van der Waals surface area contributed by atoms with Crippen molar-refractivity contribution in [3.05, 3.63) is 71.5 Å². The largest absolute Gasteiger partial charge is 0.308 e. The normalized spacial score (nSPS) is 13.6. The van der Waals surface area contributed by atoms with E-state index in [2.05, 4.69) is 15.4 Å². The van der Waals surface area contributed by atoms with Crippen molar-refractivity contribution < 1.29 is 14.4 Å². The molecule has 160 valence electrons. The van der Waals surface area contributed by atoms with Crippen LogP contribution in [0.1, 0.15) is 32.7 Å². The summed E-state index contributed by atoms with van der Waals surface area (Å²) in [7, 11) is 0. The zero-order chi connectivity index (χ0) is 22.7. The number of carbonyl (C=O) groups excluding carboxylic acids is 3. The molecule has 0 spiro atoms. The summed E-state index contributed by atoms with van der Waals surface area (Å²) in [6.45, 7) is 0. The van der Waals surface area contributed by atoms with Gasteiger partial charge in [-0.3, -0.25) is 19.3 Å². The molecule has 32 heavy (non-hydrogen) atoms. The molecule has 1 aliphatic heterocycles. The topological polar surface area (TPSA) is 121 Å². The second-order valence-corrected chi connectivity index (χ2v) is 7.92. The number of benzene rings is 1. The molecular formula is C22H18N6O3S. The Hall–Kier alpha value is -3.97. The highest BCUT2D eigenvalue weighted by atomic mass is 32.2. The van der Waals surface area contributed by atoms with Gasteiger partial charge in [0.15, 0.2) is 11.6 Å². The minimum atomic E-state index is -1.05. The van der Waals surface area contributed by atoms with Crippen LogP contribution in [0, 0.1) is 11.3 Å². The molecule has 10 heteroatoms. The Bertz CT molecular complexity index is 1200. The maximum Gasteiger partial charge on any atom is 0.262 e. The van der Waals surface area contributed by atoms with Crippen molar-refractivity contribution in [2.24, 2.45) is 0 Å². The van der Waals surface area contributed by atoms with E-state index in [4.69, 9.17) is 0 Å². The molecule has 0 saturated heterocycles. The van der Waals surface area contributed by atoms with Crippen molar-refractivity contribution >= 4 is 35.3 Å². The predicted octanol–water partition coefficient (Wildman–Crippen LogP) is 2.50. The van der Waals surface area contributed by atoms with Gasteiger partial charge in [0.2, 0.25) is 5.91 Å². The Morgan fingerprint density at radius 3 is 2.44 bits per heavy atom. The number of fused-ring (bicyclic) bond motifs is 1. The molecule has 9 nitrogen and oxygen atoms in total. The van der Waals surface area contributed by atoms with Gasteiger partial charge in [0.1, 0.15) is 17.7 Å². The van der Waals surface area contributed by atoms with Crippen LogP contribution in [0.3, 0.4) is 0 Å². The van der Waals surface area contributed by atoms with Gasteiger partial charge in [-0.1, -0.05) is 18.2 Å². The van der Waals surface area contributed by atoms with Crippen LogP contribution in [0.4, 0.5) is 5.82 Å². The first-order valence-corrected chi connectivity index (χ1v) is 11.1. The number of aromatic nitrogens is 3. The summed E-state index contributed by atoms with van der Waals surface area (Å²) in [6, 6.07) is 12.6. The molecule has 3 heterocycles. The van der Waals surface area contributed by atoms with Gasteiger partial charge >= 0.3 is 0 Å². The lowest BCUT2D eigenvalue weighted by atomic mass is 10.1. The van der Waals surface area contributed by atoms with Crippen LogP contribution in [0.15, 0.2) is 54.9 Å². The standard InChI is InChI=1S/C22H18N6O3S/c1-32-11-9-17(27-21(30)15-6-2-3-7-16(15)22(27)31)20(29)26-19-14(12-23)13-25-28(19)18-8-4-5-10-24-18/h2-8,10,13,17H,9,11H2,1H3,(H,26,29). The molecule has 1 aliphatic rings. The Morgan fingerprint density at radius 1 is 1.16 bits per heavy atom. The van der Waals surface area contributed by atoms with Gasteiger partial charge in [0, 0.05) is 6.20 Å². The third kappa shape index (κ3) is 3.74. The third-order valence-corrected chi connectivity index (χ3v) is 5.68. The summed E-state index contributed by atoms with van der Waals surface area (Å²) in [5.41, 5.74) is 0.682. The Balaban J connectivity index is 1.68. The summed E-state index contributed by atoms with van der Waals surface area (Å²) in [6.07, 6.45) is 5.03. The number of thioether (sulfide) groups is 1. The molecule has 3 amide bonds. The monoisotopic (exact) mass is 446 g/mol. The summed E-state index contributed by atoms with van der Waals surface area (Å²) < 4.78 is 1.34. The van der Waals surface area contributed by atoms with Crippen molar-refractivity contribution in [1.29, 1.82) is 5.26 Å². The van der Waals surface area contributed by atoms with E-state index in [1.807, 2.05) is 12.3 Å². The lowest BCUT2D eigenvalue weighted by Crippen LogP contribution is -2.47. The number of amides is 3. The van der Waals surface area contributed by atoms with Crippen LogP contribution in [-0.4, -0.2) is 55.4 Å². The number of pyridine rings is 1. The first-order valence-electron chi connectivity index (χ1n) is 9.73. The molecule has 3 aromatic rings. The third-order valence-electron chi connectivity index (χ3n) is 5.03. The molecule has 0 fully saturated rings. The number of hydrogen-bond donors (Lipinski definition) is 1. The number of anilines is 1. The fourth-order valence-corrected chi connectivity index (χ4v) is 3.96. The molecule has 0 aliphatic carbocycles. The summed E-state index contributed by atoms with van der Waals surface area (Å²) >= 11 is 1.50. The van der Waals surface area contributed by atoms with Crippen LogP contribution < -0.4 is 5.32 Å². The van der Waals surface area contributed by atoms with Crippen molar-refractivity contribution in [2.75, 3.05) is 17.3 Å². The van der Waals surface area contributed by atoms with Crippen molar-refractivity contribution in [2.45, 2.75) is 12.5 Å². The van der Waals surface area contributed by atoms with Gasteiger partial charge in [-0.2, -0.15) is 26.8 Å². The highest BCUT2D eigenvalue weighted by Crippen LogP contribution is 2.27.